The molecule has 0 aromatic rings. The van der Waals surface area contributed by atoms with Gasteiger partial charge in [0.1, 0.15) is 0 Å². The lowest BCUT2D eigenvalue weighted by molar-refractivity contribution is 0.147. The van der Waals surface area contributed by atoms with Gasteiger partial charge in [0.2, 0.25) is 10.0 Å². The predicted molar refractivity (Wildman–Crippen MR) is 52.9 cm³/mol. The molecule has 84 valence electrons. The zero-order valence-corrected chi connectivity index (χ0v) is 9.75. The molecule has 5 heteroatoms. The molecule has 0 radical (unpaired) electrons. The molecule has 1 spiro atoms. The van der Waals surface area contributed by atoms with Gasteiger partial charge >= 0.3 is 0 Å². The molecule has 2 saturated heterocycles. The summed E-state index contributed by atoms with van der Waals surface area (Å²) in [5, 5.41) is 0. The van der Waals surface area contributed by atoms with Crippen molar-refractivity contribution in [2.45, 2.75) is 32.4 Å². The molecule has 5 atom stereocenters. The van der Waals surface area contributed by atoms with E-state index >= 15 is 0 Å². The van der Waals surface area contributed by atoms with E-state index < -0.39 is 15.7 Å². The van der Waals surface area contributed by atoms with Crippen LogP contribution in [0.4, 0.5) is 0 Å². The van der Waals surface area contributed by atoms with E-state index in [1.54, 1.807) is 0 Å². The number of hydrogen-bond donors (Lipinski definition) is 0. The van der Waals surface area contributed by atoms with E-state index in [0.717, 1.165) is 6.42 Å². The second-order valence-electron chi connectivity index (χ2n) is 6.01. The van der Waals surface area contributed by atoms with Crippen LogP contribution in [0.3, 0.4) is 0 Å². The van der Waals surface area contributed by atoms with Crippen molar-refractivity contribution in [1.82, 2.24) is 4.47 Å². The van der Waals surface area contributed by atoms with Crippen LogP contribution in [0.15, 0.2) is 0 Å². The lowest BCUT2D eigenvalue weighted by Gasteiger charge is -2.25. The van der Waals surface area contributed by atoms with Gasteiger partial charge in [-0.15, -0.1) is 0 Å². The summed E-state index contributed by atoms with van der Waals surface area (Å²) in [5.41, 5.74) is -0.138. The maximum Gasteiger partial charge on any atom is 0.239 e. The van der Waals surface area contributed by atoms with Gasteiger partial charge in [-0.05, 0) is 28.6 Å². The van der Waals surface area contributed by atoms with Crippen LogP contribution < -0.4 is 0 Å². The fraction of sp³-hybridized carbons (Fsp3) is 1.00. The number of hydrogen-bond acceptors (Lipinski definition) is 3. The van der Waals surface area contributed by atoms with E-state index in [0.29, 0.717) is 17.6 Å². The van der Waals surface area contributed by atoms with E-state index in [1.165, 1.54) is 10.9 Å². The Morgan fingerprint density at radius 3 is 2.60 bits per heavy atom. The molecule has 2 saturated carbocycles. The third-order valence-electron chi connectivity index (χ3n) is 5.26. The largest absolute Gasteiger partial charge is 0.255 e. The van der Waals surface area contributed by atoms with Gasteiger partial charge in [-0.1, -0.05) is 13.8 Å². The number of rotatable bonds is 0. The van der Waals surface area contributed by atoms with Crippen LogP contribution in [-0.2, 0) is 14.9 Å². The predicted octanol–water partition coefficient (Wildman–Crippen LogP) is 0.956. The monoisotopic (exact) mass is 229 g/mol. The van der Waals surface area contributed by atoms with Crippen molar-refractivity contribution in [3.8, 4) is 0 Å². The van der Waals surface area contributed by atoms with E-state index in [-0.39, 0.29) is 11.3 Å². The van der Waals surface area contributed by atoms with Crippen molar-refractivity contribution in [3.63, 3.8) is 0 Å². The Labute approximate surface area is 89.6 Å². The van der Waals surface area contributed by atoms with Crippen LogP contribution in [-0.4, -0.2) is 24.4 Å². The summed E-state index contributed by atoms with van der Waals surface area (Å²) in [4.78, 5) is 5.49. The van der Waals surface area contributed by atoms with Gasteiger partial charge in [-0.3, -0.25) is 4.84 Å². The lowest BCUT2D eigenvalue weighted by Crippen LogP contribution is -2.31. The van der Waals surface area contributed by atoms with Crippen molar-refractivity contribution < 1.29 is 13.3 Å². The third kappa shape index (κ3) is 0.699. The Morgan fingerprint density at radius 2 is 2.00 bits per heavy atom. The molecule has 0 aromatic carbocycles. The third-order valence-corrected chi connectivity index (χ3v) is 6.91. The quantitative estimate of drug-likeness (QED) is 0.581. The normalized spacial score (nSPS) is 61.5. The fourth-order valence-corrected chi connectivity index (χ4v) is 6.66. The maximum absolute atomic E-state index is 11.7. The average Bonchev–Trinajstić information content (AvgIpc) is 2.66. The highest BCUT2D eigenvalue weighted by atomic mass is 32.2. The maximum atomic E-state index is 11.7. The van der Waals surface area contributed by atoms with Crippen LogP contribution in [0.2, 0.25) is 0 Å². The molecule has 2 aliphatic carbocycles. The van der Waals surface area contributed by atoms with Crippen LogP contribution in [0.5, 0.6) is 0 Å². The first-order valence-corrected chi connectivity index (χ1v) is 7.24. The van der Waals surface area contributed by atoms with Gasteiger partial charge in [0.15, 0.2) is 5.72 Å². The second-order valence-corrected chi connectivity index (χ2v) is 7.84. The van der Waals surface area contributed by atoms with Crippen molar-refractivity contribution in [2.24, 2.45) is 23.2 Å². The van der Waals surface area contributed by atoms with Gasteiger partial charge in [-0.2, -0.15) is 0 Å². The van der Waals surface area contributed by atoms with E-state index in [9.17, 15) is 8.42 Å². The Morgan fingerprint density at radius 1 is 1.27 bits per heavy atom. The standard InChI is InChI=1S/C10H15NO3S/c1-9(2)6-3-4-8(9)10-7(6)5-15(12,13)11(10)14-10/h6-8H,3-5H2,1-2H3. The summed E-state index contributed by atoms with van der Waals surface area (Å²) >= 11 is 0. The van der Waals surface area contributed by atoms with Crippen LogP contribution >= 0.6 is 0 Å². The Bertz CT molecular complexity index is 457. The Balaban J connectivity index is 1.90. The molecule has 2 heterocycles. The molecule has 2 aliphatic heterocycles. The Hall–Kier alpha value is -0.130. The molecular formula is C10H15NO3S. The minimum absolute atomic E-state index is 0.233. The highest BCUT2D eigenvalue weighted by Gasteiger charge is 2.85. The zero-order valence-electron chi connectivity index (χ0n) is 8.93. The van der Waals surface area contributed by atoms with Gasteiger partial charge in [-0.25, -0.2) is 8.42 Å². The topological polar surface area (TPSA) is 49.7 Å². The van der Waals surface area contributed by atoms with Crippen molar-refractivity contribution in [2.75, 3.05) is 5.75 Å². The number of fused-ring (bicyclic) bond motifs is 3. The van der Waals surface area contributed by atoms with E-state index in [1.807, 2.05) is 0 Å². The number of nitrogens with zero attached hydrogens (tertiary/aromatic N) is 1. The summed E-state index contributed by atoms with van der Waals surface area (Å²) in [7, 11) is -3.08. The molecule has 0 amide bonds. The fourth-order valence-electron chi connectivity index (χ4n) is 4.67. The minimum atomic E-state index is -3.08. The Kier molecular flexibility index (Phi) is 1.20. The number of sulfonamides is 1. The van der Waals surface area contributed by atoms with Gasteiger partial charge < -0.3 is 0 Å². The zero-order chi connectivity index (χ0) is 10.6. The van der Waals surface area contributed by atoms with Crippen LogP contribution in [0.25, 0.3) is 0 Å². The van der Waals surface area contributed by atoms with Crippen molar-refractivity contribution in [1.29, 1.82) is 0 Å². The average molecular weight is 229 g/mol. The molecule has 4 fully saturated rings. The summed E-state index contributed by atoms with van der Waals surface area (Å²) in [5.74, 6) is 1.50. The molecule has 4 nitrogen and oxygen atoms in total. The second kappa shape index (κ2) is 2.00. The first kappa shape index (κ1) is 8.96. The summed E-state index contributed by atoms with van der Waals surface area (Å²) in [6.45, 7) is 4.55. The highest BCUT2D eigenvalue weighted by Crippen LogP contribution is 2.75. The molecule has 4 rings (SSSR count). The molecule has 0 aromatic heterocycles. The highest BCUT2D eigenvalue weighted by molar-refractivity contribution is 7.89. The van der Waals surface area contributed by atoms with E-state index in [4.69, 9.17) is 4.84 Å². The summed E-state index contributed by atoms with van der Waals surface area (Å²) in [6, 6.07) is 0. The number of hydroxylamine groups is 1. The van der Waals surface area contributed by atoms with E-state index in [2.05, 4.69) is 13.8 Å². The summed E-state index contributed by atoms with van der Waals surface area (Å²) in [6.07, 6.45) is 2.30. The molecule has 5 unspecified atom stereocenters. The van der Waals surface area contributed by atoms with Gasteiger partial charge in [0, 0.05) is 11.8 Å². The molecule has 0 N–H and O–H groups in total. The lowest BCUT2D eigenvalue weighted by atomic mass is 9.80. The minimum Gasteiger partial charge on any atom is -0.255 e. The molecule has 2 bridgehead atoms. The summed E-state index contributed by atoms with van der Waals surface area (Å²) < 4.78 is 24.8. The van der Waals surface area contributed by atoms with Crippen molar-refractivity contribution in [3.05, 3.63) is 0 Å². The smallest absolute Gasteiger partial charge is 0.239 e. The molecule has 15 heavy (non-hydrogen) atoms. The SMILES string of the molecule is CC1(C)C2CCC1C13ON1S(=O)(=O)CC23. The van der Waals surface area contributed by atoms with Gasteiger partial charge in [0.25, 0.3) is 0 Å². The van der Waals surface area contributed by atoms with Crippen LogP contribution in [0.1, 0.15) is 26.7 Å². The van der Waals surface area contributed by atoms with Gasteiger partial charge in [0.05, 0.1) is 5.75 Å². The van der Waals surface area contributed by atoms with Crippen LogP contribution in [0, 0.1) is 23.2 Å². The van der Waals surface area contributed by atoms with Crippen molar-refractivity contribution >= 4 is 10.0 Å². The first-order chi connectivity index (χ1) is 6.91. The molecule has 4 aliphatic rings. The molecular weight excluding hydrogens is 214 g/mol. The first-order valence-electron chi connectivity index (χ1n) is 5.63.